The molecular formula is C29H35F3N6O3. The van der Waals surface area contributed by atoms with E-state index in [2.05, 4.69) is 15.6 Å². The van der Waals surface area contributed by atoms with E-state index in [1.54, 1.807) is 31.3 Å². The number of aromatic nitrogens is 1. The molecule has 3 rings (SSSR count). The highest BCUT2D eigenvalue weighted by Gasteiger charge is 2.33. The fourth-order valence-electron chi connectivity index (χ4n) is 3.88. The van der Waals surface area contributed by atoms with E-state index in [1.165, 1.54) is 37.7 Å². The Morgan fingerprint density at radius 1 is 1.05 bits per heavy atom. The molecule has 41 heavy (non-hydrogen) atoms. The first-order valence-corrected chi connectivity index (χ1v) is 12.6. The maximum Gasteiger partial charge on any atom is 0.416 e. The maximum atomic E-state index is 13.8. The maximum absolute atomic E-state index is 13.8. The topological polar surface area (TPSA) is 128 Å². The summed E-state index contributed by atoms with van der Waals surface area (Å²) in [6.45, 7) is 7.55. The van der Waals surface area contributed by atoms with Gasteiger partial charge in [-0.25, -0.2) is 5.84 Å². The Balaban J connectivity index is 1.95. The summed E-state index contributed by atoms with van der Waals surface area (Å²) in [7, 11) is 2.85. The summed E-state index contributed by atoms with van der Waals surface area (Å²) in [5.41, 5.74) is 7.26. The standard InChI is InChI=1S/C29H35F3N6O3/c1-17-7-8-18(11-25(17)38(34)16-23(33)19-10-22(40-5)15-35-13-19)27(39)37-24-12-21(29(30,31)32)9-20(26(24)41-6)14-36-28(2,3)4/h7-13,15-16,36H,14,33-34H2,1-6H3,(H,37,39)/b23-16-. The van der Waals surface area contributed by atoms with Gasteiger partial charge in [0.15, 0.2) is 0 Å². The molecule has 0 aliphatic rings. The van der Waals surface area contributed by atoms with Gasteiger partial charge in [0, 0.05) is 41.2 Å². The van der Waals surface area contributed by atoms with Gasteiger partial charge < -0.3 is 25.8 Å². The predicted octanol–water partition coefficient (Wildman–Crippen LogP) is 5.20. The number of pyridine rings is 1. The van der Waals surface area contributed by atoms with Gasteiger partial charge in [0.05, 0.1) is 43.1 Å². The van der Waals surface area contributed by atoms with Crippen LogP contribution in [-0.4, -0.2) is 30.6 Å². The second-order valence-electron chi connectivity index (χ2n) is 10.4. The summed E-state index contributed by atoms with van der Waals surface area (Å²) in [5.74, 6) is 6.25. The van der Waals surface area contributed by atoms with Gasteiger partial charge >= 0.3 is 6.18 Å². The monoisotopic (exact) mass is 572 g/mol. The second-order valence-corrected chi connectivity index (χ2v) is 10.4. The summed E-state index contributed by atoms with van der Waals surface area (Å²) in [4.78, 5) is 17.4. The Kier molecular flexibility index (Phi) is 9.51. The molecule has 0 spiro atoms. The van der Waals surface area contributed by atoms with E-state index in [1.807, 2.05) is 20.8 Å². The van der Waals surface area contributed by atoms with Gasteiger partial charge in [0.1, 0.15) is 11.5 Å². The van der Waals surface area contributed by atoms with Gasteiger partial charge in [-0.3, -0.25) is 14.8 Å². The molecule has 1 heterocycles. The van der Waals surface area contributed by atoms with Gasteiger partial charge in [0.25, 0.3) is 5.91 Å². The number of carbonyl (C=O) groups excluding carboxylic acids is 1. The number of anilines is 2. The van der Waals surface area contributed by atoms with Crippen LogP contribution < -0.4 is 36.7 Å². The minimum Gasteiger partial charge on any atom is -0.495 e. The number of nitrogens with zero attached hydrogens (tertiary/aromatic N) is 2. The van der Waals surface area contributed by atoms with E-state index in [4.69, 9.17) is 21.1 Å². The molecule has 0 aliphatic heterocycles. The number of nitrogens with one attached hydrogen (secondary N) is 2. The molecule has 0 fully saturated rings. The van der Waals surface area contributed by atoms with Crippen molar-refractivity contribution in [1.82, 2.24) is 10.3 Å². The quantitative estimate of drug-likeness (QED) is 0.203. The first kappa shape index (κ1) is 31.2. The number of benzene rings is 2. The number of amides is 1. The lowest BCUT2D eigenvalue weighted by Gasteiger charge is -2.23. The SMILES string of the molecule is COc1cncc(/C(N)=C/N(N)c2cc(C(=O)Nc3cc(C(F)(F)F)cc(CNC(C)(C)C)c3OC)ccc2C)c1. The Morgan fingerprint density at radius 2 is 1.76 bits per heavy atom. The van der Waals surface area contributed by atoms with Crippen LogP contribution >= 0.6 is 0 Å². The van der Waals surface area contributed by atoms with Crippen molar-refractivity contribution < 1.29 is 27.4 Å². The van der Waals surface area contributed by atoms with Crippen molar-refractivity contribution >= 4 is 23.0 Å². The largest absolute Gasteiger partial charge is 0.495 e. The van der Waals surface area contributed by atoms with Crippen LogP contribution in [0.4, 0.5) is 24.5 Å². The molecule has 0 saturated carbocycles. The fraction of sp³-hybridized carbons (Fsp3) is 0.310. The predicted molar refractivity (Wildman–Crippen MR) is 153 cm³/mol. The zero-order valence-electron chi connectivity index (χ0n) is 23.8. The average Bonchev–Trinajstić information content (AvgIpc) is 2.90. The number of hydrogen-bond acceptors (Lipinski definition) is 8. The zero-order chi connectivity index (χ0) is 30.5. The van der Waals surface area contributed by atoms with Crippen LogP contribution in [0.2, 0.25) is 0 Å². The minimum absolute atomic E-state index is 0.0901. The molecule has 0 saturated heterocycles. The summed E-state index contributed by atoms with van der Waals surface area (Å²) in [6, 6.07) is 8.29. The molecule has 0 bridgehead atoms. The minimum atomic E-state index is -4.64. The van der Waals surface area contributed by atoms with Crippen molar-refractivity contribution in [2.45, 2.75) is 46.0 Å². The van der Waals surface area contributed by atoms with Gasteiger partial charge in [-0.05, 0) is 63.6 Å². The summed E-state index contributed by atoms with van der Waals surface area (Å²) < 4.78 is 51.9. The molecule has 0 radical (unpaired) electrons. The number of hydrazine groups is 1. The fourth-order valence-corrected chi connectivity index (χ4v) is 3.88. The van der Waals surface area contributed by atoms with Crippen LogP contribution in [0.1, 0.15) is 53.4 Å². The van der Waals surface area contributed by atoms with Gasteiger partial charge in [0.2, 0.25) is 0 Å². The Bertz CT molecular complexity index is 1430. The van der Waals surface area contributed by atoms with Crippen molar-refractivity contribution in [3.8, 4) is 11.5 Å². The molecule has 0 unspecified atom stereocenters. The van der Waals surface area contributed by atoms with Crippen LogP contribution in [0, 0.1) is 6.92 Å². The Hall–Kier alpha value is -4.29. The number of alkyl halides is 3. The second kappa shape index (κ2) is 12.5. The lowest BCUT2D eigenvalue weighted by molar-refractivity contribution is -0.137. The third-order valence-corrected chi connectivity index (χ3v) is 6.06. The molecule has 12 heteroatoms. The molecule has 9 nitrogen and oxygen atoms in total. The van der Waals surface area contributed by atoms with Crippen molar-refractivity contribution in [2.24, 2.45) is 11.6 Å². The number of ether oxygens (including phenoxy) is 2. The molecule has 0 atom stereocenters. The van der Waals surface area contributed by atoms with Crippen LogP contribution in [-0.2, 0) is 12.7 Å². The van der Waals surface area contributed by atoms with Gasteiger partial charge in [-0.1, -0.05) is 6.07 Å². The molecule has 1 amide bonds. The number of rotatable bonds is 9. The van der Waals surface area contributed by atoms with Crippen molar-refractivity contribution in [3.05, 3.63) is 82.8 Å². The van der Waals surface area contributed by atoms with Crippen LogP contribution in [0.3, 0.4) is 0 Å². The number of nitrogens with two attached hydrogens (primary N) is 2. The van der Waals surface area contributed by atoms with E-state index in [-0.39, 0.29) is 34.6 Å². The van der Waals surface area contributed by atoms with E-state index in [9.17, 15) is 18.0 Å². The van der Waals surface area contributed by atoms with Gasteiger partial charge in [-0.15, -0.1) is 0 Å². The number of aryl methyl sites for hydroxylation is 1. The average molecular weight is 573 g/mol. The molecular weight excluding hydrogens is 537 g/mol. The molecule has 3 aromatic rings. The number of carbonyl (C=O) groups is 1. The normalized spacial score (nSPS) is 12.2. The third kappa shape index (κ3) is 8.12. The summed E-state index contributed by atoms with van der Waals surface area (Å²) >= 11 is 0. The van der Waals surface area contributed by atoms with Crippen molar-refractivity contribution in [3.63, 3.8) is 0 Å². The Labute approximate surface area is 237 Å². The van der Waals surface area contributed by atoms with E-state index in [0.717, 1.165) is 17.7 Å². The lowest BCUT2D eigenvalue weighted by atomic mass is 10.0. The van der Waals surface area contributed by atoms with Crippen LogP contribution in [0.25, 0.3) is 5.70 Å². The summed E-state index contributed by atoms with van der Waals surface area (Å²) in [6.07, 6.45) is -0.0893. The van der Waals surface area contributed by atoms with E-state index >= 15 is 0 Å². The molecule has 6 N–H and O–H groups in total. The van der Waals surface area contributed by atoms with Gasteiger partial charge in [-0.2, -0.15) is 13.2 Å². The Morgan fingerprint density at radius 3 is 2.37 bits per heavy atom. The van der Waals surface area contributed by atoms with Crippen LogP contribution in [0.15, 0.2) is 55.0 Å². The number of halogens is 3. The first-order valence-electron chi connectivity index (χ1n) is 12.6. The van der Waals surface area contributed by atoms with Crippen molar-refractivity contribution in [1.29, 1.82) is 0 Å². The smallest absolute Gasteiger partial charge is 0.416 e. The van der Waals surface area contributed by atoms with E-state index in [0.29, 0.717) is 22.7 Å². The highest BCUT2D eigenvalue weighted by atomic mass is 19.4. The van der Waals surface area contributed by atoms with Crippen LogP contribution in [0.5, 0.6) is 11.5 Å². The van der Waals surface area contributed by atoms with E-state index < -0.39 is 17.6 Å². The third-order valence-electron chi connectivity index (χ3n) is 6.06. The summed E-state index contributed by atoms with van der Waals surface area (Å²) in [5, 5.41) is 6.99. The molecule has 1 aromatic heterocycles. The highest BCUT2D eigenvalue weighted by Crippen LogP contribution is 2.38. The lowest BCUT2D eigenvalue weighted by Crippen LogP contribution is -2.35. The first-order chi connectivity index (χ1) is 19.1. The van der Waals surface area contributed by atoms with Crippen molar-refractivity contribution in [2.75, 3.05) is 24.5 Å². The zero-order valence-corrected chi connectivity index (χ0v) is 23.8. The molecule has 2 aromatic carbocycles. The number of methoxy groups -OCH3 is 2. The molecule has 0 aliphatic carbocycles. The molecule has 220 valence electrons. The highest BCUT2D eigenvalue weighted by molar-refractivity contribution is 6.06. The number of hydrogen-bond donors (Lipinski definition) is 4.